The predicted molar refractivity (Wildman–Crippen MR) is 106 cm³/mol. The number of ether oxygens (including phenoxy) is 1. The summed E-state index contributed by atoms with van der Waals surface area (Å²) in [4.78, 5) is 16.6. The van der Waals surface area contributed by atoms with Crippen molar-refractivity contribution in [3.05, 3.63) is 65.2 Å². The molecule has 2 aromatic carbocycles. The topological polar surface area (TPSA) is 56.1 Å². The van der Waals surface area contributed by atoms with Crippen LogP contribution in [0.2, 0.25) is 5.02 Å². The van der Waals surface area contributed by atoms with Gasteiger partial charge in [0.25, 0.3) is 0 Å². The summed E-state index contributed by atoms with van der Waals surface area (Å²) in [6.45, 7) is 1.85. The van der Waals surface area contributed by atoms with E-state index in [1.807, 2.05) is 6.92 Å². The Labute approximate surface area is 165 Å². The SMILES string of the molecule is COc1cc(Cl)c(C)cc1NC(=O)CSc1nccn1-c1cccc(F)c1. The number of amides is 1. The average molecular weight is 406 g/mol. The van der Waals surface area contributed by atoms with E-state index >= 15 is 0 Å². The second-order valence-corrected chi connectivity index (χ2v) is 7.05. The number of benzene rings is 2. The van der Waals surface area contributed by atoms with Crippen LogP contribution in [0.4, 0.5) is 10.1 Å². The van der Waals surface area contributed by atoms with Gasteiger partial charge in [0, 0.05) is 23.5 Å². The first-order valence-electron chi connectivity index (χ1n) is 8.04. The maximum atomic E-state index is 13.5. The van der Waals surface area contributed by atoms with Crippen LogP contribution < -0.4 is 10.1 Å². The van der Waals surface area contributed by atoms with Gasteiger partial charge in [-0.1, -0.05) is 29.4 Å². The van der Waals surface area contributed by atoms with Gasteiger partial charge in [0.15, 0.2) is 5.16 Å². The van der Waals surface area contributed by atoms with Crippen LogP contribution in [0.25, 0.3) is 5.69 Å². The highest BCUT2D eigenvalue weighted by molar-refractivity contribution is 7.99. The fraction of sp³-hybridized carbons (Fsp3) is 0.158. The number of aryl methyl sites for hydroxylation is 1. The normalized spacial score (nSPS) is 10.7. The van der Waals surface area contributed by atoms with Gasteiger partial charge >= 0.3 is 0 Å². The molecule has 0 aliphatic carbocycles. The van der Waals surface area contributed by atoms with Crippen LogP contribution in [0.1, 0.15) is 5.56 Å². The number of anilines is 1. The predicted octanol–water partition coefficient (Wildman–Crippen LogP) is 4.71. The van der Waals surface area contributed by atoms with Crippen LogP contribution in [0.15, 0.2) is 53.9 Å². The van der Waals surface area contributed by atoms with Crippen molar-refractivity contribution in [3.63, 3.8) is 0 Å². The lowest BCUT2D eigenvalue weighted by molar-refractivity contribution is -0.113. The van der Waals surface area contributed by atoms with Gasteiger partial charge in [-0.2, -0.15) is 0 Å². The molecule has 0 fully saturated rings. The van der Waals surface area contributed by atoms with Crippen LogP contribution >= 0.6 is 23.4 Å². The van der Waals surface area contributed by atoms with Crippen molar-refractivity contribution in [2.45, 2.75) is 12.1 Å². The van der Waals surface area contributed by atoms with Crippen molar-refractivity contribution in [3.8, 4) is 11.4 Å². The zero-order valence-corrected chi connectivity index (χ0v) is 16.3. The van der Waals surface area contributed by atoms with Gasteiger partial charge in [-0.15, -0.1) is 0 Å². The number of hydrogen-bond donors (Lipinski definition) is 1. The molecule has 0 saturated heterocycles. The molecule has 8 heteroatoms. The molecule has 0 saturated carbocycles. The second-order valence-electron chi connectivity index (χ2n) is 5.70. The molecule has 3 aromatic rings. The number of carbonyl (C=O) groups excluding carboxylic acids is 1. The molecule has 3 rings (SSSR count). The minimum absolute atomic E-state index is 0.136. The third-order valence-electron chi connectivity index (χ3n) is 3.78. The van der Waals surface area contributed by atoms with E-state index in [2.05, 4.69) is 10.3 Å². The molecule has 0 atom stereocenters. The van der Waals surface area contributed by atoms with Crippen molar-refractivity contribution < 1.29 is 13.9 Å². The molecular weight excluding hydrogens is 389 g/mol. The number of aromatic nitrogens is 2. The summed E-state index contributed by atoms with van der Waals surface area (Å²) in [7, 11) is 1.52. The van der Waals surface area contributed by atoms with Crippen molar-refractivity contribution >= 4 is 35.0 Å². The van der Waals surface area contributed by atoms with Gasteiger partial charge in [0.2, 0.25) is 5.91 Å². The number of halogens is 2. The fourth-order valence-corrected chi connectivity index (χ4v) is 3.39. The number of nitrogens with zero attached hydrogens (tertiary/aromatic N) is 2. The number of rotatable bonds is 6. The summed E-state index contributed by atoms with van der Waals surface area (Å²) < 4.78 is 20.4. The van der Waals surface area contributed by atoms with Crippen LogP contribution in [-0.4, -0.2) is 28.3 Å². The number of carbonyl (C=O) groups is 1. The minimum Gasteiger partial charge on any atom is -0.495 e. The summed E-state index contributed by atoms with van der Waals surface area (Å²) in [5.41, 5.74) is 2.03. The second kappa shape index (κ2) is 8.45. The van der Waals surface area contributed by atoms with E-state index in [1.165, 1.54) is 31.0 Å². The highest BCUT2D eigenvalue weighted by atomic mass is 35.5. The zero-order chi connectivity index (χ0) is 19.4. The standard InChI is InChI=1S/C19H17ClFN3O2S/c1-12-8-16(17(26-2)10-15(12)20)23-18(25)11-27-19-22-6-7-24(19)14-5-3-4-13(21)9-14/h3-10H,11H2,1-2H3,(H,23,25). The zero-order valence-electron chi connectivity index (χ0n) is 14.7. The van der Waals surface area contributed by atoms with E-state index in [4.69, 9.17) is 16.3 Å². The number of thioether (sulfide) groups is 1. The first-order chi connectivity index (χ1) is 13.0. The van der Waals surface area contributed by atoms with Gasteiger partial charge < -0.3 is 10.1 Å². The molecule has 0 spiro atoms. The van der Waals surface area contributed by atoms with E-state index in [-0.39, 0.29) is 17.5 Å². The van der Waals surface area contributed by atoms with Crippen molar-refractivity contribution in [2.24, 2.45) is 0 Å². The van der Waals surface area contributed by atoms with E-state index < -0.39 is 0 Å². The maximum Gasteiger partial charge on any atom is 0.234 e. The monoisotopic (exact) mass is 405 g/mol. The molecule has 1 N–H and O–H groups in total. The summed E-state index contributed by atoms with van der Waals surface area (Å²) in [5, 5.41) is 3.98. The van der Waals surface area contributed by atoms with Gasteiger partial charge in [-0.05, 0) is 36.8 Å². The highest BCUT2D eigenvalue weighted by Gasteiger charge is 2.13. The number of nitrogens with one attached hydrogen (secondary N) is 1. The first kappa shape index (κ1) is 19.3. The molecule has 0 bridgehead atoms. The Kier molecular flexibility index (Phi) is 6.03. The van der Waals surface area contributed by atoms with Gasteiger partial charge in [0.05, 0.1) is 24.2 Å². The molecule has 27 heavy (non-hydrogen) atoms. The van der Waals surface area contributed by atoms with Crippen LogP contribution in [0, 0.1) is 12.7 Å². The summed E-state index contributed by atoms with van der Waals surface area (Å²) in [5.74, 6) is 0.0797. The molecule has 1 aromatic heterocycles. The van der Waals surface area contributed by atoms with Gasteiger partial charge in [0.1, 0.15) is 11.6 Å². The number of imidazole rings is 1. The van der Waals surface area contributed by atoms with Crippen LogP contribution in [0.5, 0.6) is 5.75 Å². The average Bonchev–Trinajstić information content (AvgIpc) is 3.11. The Morgan fingerprint density at radius 1 is 1.37 bits per heavy atom. The molecule has 0 aliphatic rings. The van der Waals surface area contributed by atoms with Crippen molar-refractivity contribution in [1.82, 2.24) is 9.55 Å². The lowest BCUT2D eigenvalue weighted by Gasteiger charge is -2.12. The Bertz CT molecular complexity index is 977. The summed E-state index contributed by atoms with van der Waals surface area (Å²) >= 11 is 7.34. The lowest BCUT2D eigenvalue weighted by Crippen LogP contribution is -2.15. The van der Waals surface area contributed by atoms with Gasteiger partial charge in [-0.25, -0.2) is 9.37 Å². The quantitative estimate of drug-likeness (QED) is 0.603. The Balaban J connectivity index is 1.69. The smallest absolute Gasteiger partial charge is 0.234 e. The van der Waals surface area contributed by atoms with Crippen molar-refractivity contribution in [1.29, 1.82) is 0 Å². The Morgan fingerprint density at radius 2 is 2.19 bits per heavy atom. The lowest BCUT2D eigenvalue weighted by atomic mass is 10.2. The van der Waals surface area contributed by atoms with E-state index in [1.54, 1.807) is 41.2 Å². The Hall–Kier alpha value is -2.51. The first-order valence-corrected chi connectivity index (χ1v) is 9.40. The highest BCUT2D eigenvalue weighted by Crippen LogP contribution is 2.31. The van der Waals surface area contributed by atoms with E-state index in [0.717, 1.165) is 5.56 Å². The molecule has 0 unspecified atom stereocenters. The molecule has 1 heterocycles. The maximum absolute atomic E-state index is 13.5. The molecule has 0 aliphatic heterocycles. The van der Waals surface area contributed by atoms with Crippen molar-refractivity contribution in [2.75, 3.05) is 18.2 Å². The molecule has 1 amide bonds. The van der Waals surface area contributed by atoms with Crippen LogP contribution in [-0.2, 0) is 4.79 Å². The number of methoxy groups -OCH3 is 1. The molecule has 140 valence electrons. The third kappa shape index (κ3) is 4.61. The Morgan fingerprint density at radius 3 is 2.93 bits per heavy atom. The third-order valence-corrected chi connectivity index (χ3v) is 5.15. The fourth-order valence-electron chi connectivity index (χ4n) is 2.47. The van der Waals surface area contributed by atoms with E-state index in [9.17, 15) is 9.18 Å². The summed E-state index contributed by atoms with van der Waals surface area (Å²) in [6, 6.07) is 9.61. The minimum atomic E-state index is -0.333. The largest absolute Gasteiger partial charge is 0.495 e. The molecule has 0 radical (unpaired) electrons. The van der Waals surface area contributed by atoms with Crippen LogP contribution in [0.3, 0.4) is 0 Å². The summed E-state index contributed by atoms with van der Waals surface area (Å²) in [6.07, 6.45) is 3.33. The number of hydrogen-bond acceptors (Lipinski definition) is 4. The molecular formula is C19H17ClFN3O2S. The van der Waals surface area contributed by atoms with Gasteiger partial charge in [-0.3, -0.25) is 9.36 Å². The van der Waals surface area contributed by atoms with E-state index in [0.29, 0.717) is 27.3 Å². The molecule has 5 nitrogen and oxygen atoms in total.